The number of Topliss-reactive ketones (excluding diaryl/α,β-unsaturated/α-hetero) is 2. The molecule has 1 heterocycles. The Bertz CT molecular complexity index is 1000. The van der Waals surface area contributed by atoms with Gasteiger partial charge in [0.15, 0.2) is 11.6 Å². The zero-order valence-corrected chi connectivity index (χ0v) is 18.9. The third kappa shape index (κ3) is 5.50. The van der Waals surface area contributed by atoms with E-state index in [1.54, 1.807) is 19.1 Å². The van der Waals surface area contributed by atoms with Crippen LogP contribution in [0.3, 0.4) is 0 Å². The molecule has 0 bridgehead atoms. The molecule has 0 amide bonds. The lowest BCUT2D eigenvalue weighted by Crippen LogP contribution is -2.33. The van der Waals surface area contributed by atoms with E-state index >= 15 is 0 Å². The second-order valence-corrected chi connectivity index (χ2v) is 9.61. The van der Waals surface area contributed by atoms with Gasteiger partial charge in [-0.2, -0.15) is 0 Å². The maximum absolute atomic E-state index is 12.8. The first kappa shape index (κ1) is 23.0. The van der Waals surface area contributed by atoms with Gasteiger partial charge < -0.3 is 0 Å². The van der Waals surface area contributed by atoms with Gasteiger partial charge in [-0.05, 0) is 49.8 Å². The van der Waals surface area contributed by atoms with E-state index in [9.17, 15) is 14.4 Å². The lowest BCUT2D eigenvalue weighted by molar-refractivity contribution is -0.136. The van der Waals surface area contributed by atoms with E-state index in [4.69, 9.17) is 0 Å². The lowest BCUT2D eigenvalue weighted by Gasteiger charge is -2.16. The van der Waals surface area contributed by atoms with Gasteiger partial charge in [-0.3, -0.25) is 14.4 Å². The molecule has 1 fully saturated rings. The van der Waals surface area contributed by atoms with Crippen LogP contribution in [0, 0.1) is 5.92 Å². The molecule has 3 rings (SSSR count). The van der Waals surface area contributed by atoms with E-state index in [0.717, 1.165) is 30.2 Å². The maximum atomic E-state index is 12.8. The molecule has 3 nitrogen and oxygen atoms in total. The summed E-state index contributed by atoms with van der Waals surface area (Å²) in [7, 11) is 0. The Morgan fingerprint density at radius 2 is 1.68 bits per heavy atom. The Balaban J connectivity index is 1.51. The van der Waals surface area contributed by atoms with Crippen molar-refractivity contribution in [3.63, 3.8) is 0 Å². The predicted octanol–water partition coefficient (Wildman–Crippen LogP) is 5.99. The van der Waals surface area contributed by atoms with Crippen molar-refractivity contribution in [2.24, 2.45) is 5.92 Å². The molecule has 4 heteroatoms. The summed E-state index contributed by atoms with van der Waals surface area (Å²) in [5.74, 6) is -1.69. The molecule has 0 spiro atoms. The summed E-state index contributed by atoms with van der Waals surface area (Å²) in [6.07, 6.45) is 6.00. The van der Waals surface area contributed by atoms with Gasteiger partial charge in [0.25, 0.3) is 0 Å². The maximum Gasteiger partial charge on any atom is 0.208 e. The molecule has 0 aliphatic carbocycles. The summed E-state index contributed by atoms with van der Waals surface area (Å²) in [5, 5.41) is -0.331. The van der Waals surface area contributed by atoms with Crippen LogP contribution in [0.25, 0.3) is 11.1 Å². The number of unbranched alkanes of at least 4 members (excludes halogenated alkanes) is 1. The fraction of sp³-hybridized carbons (Fsp3) is 0.296. The van der Waals surface area contributed by atoms with Gasteiger partial charge in [-0.25, -0.2) is 0 Å². The molecule has 160 valence electrons. The Labute approximate surface area is 188 Å². The number of aryl methyl sites for hydroxylation is 1. The monoisotopic (exact) mass is 432 g/mol. The predicted molar refractivity (Wildman–Crippen MR) is 128 cm³/mol. The van der Waals surface area contributed by atoms with Crippen LogP contribution in [0.1, 0.15) is 38.7 Å². The topological polar surface area (TPSA) is 51.2 Å². The molecule has 2 aromatic rings. The number of carbonyl (C=O) groups is 3. The smallest absolute Gasteiger partial charge is 0.208 e. The third-order valence-corrected chi connectivity index (χ3v) is 6.83. The van der Waals surface area contributed by atoms with Gasteiger partial charge in [-0.1, -0.05) is 90.7 Å². The van der Waals surface area contributed by atoms with Crippen LogP contribution in [0.5, 0.6) is 0 Å². The highest BCUT2D eigenvalue weighted by Gasteiger charge is 2.52. The minimum Gasteiger partial charge on any atom is -0.298 e. The summed E-state index contributed by atoms with van der Waals surface area (Å²) in [5.41, 5.74) is 4.41. The van der Waals surface area contributed by atoms with E-state index < -0.39 is 10.7 Å². The molecule has 1 aliphatic heterocycles. The zero-order valence-electron chi connectivity index (χ0n) is 18.1. The standard InChI is InChI=1S/C27H28O3S/c1-4-19(2)18-27(3)25(29)24(26(30)31-27)23(28)13-9-8-10-20-14-16-22(17-15-20)21-11-6-5-7-12-21/h4-7,11-12,14-18,24H,1,8-10,13H2,2-3H3/b19-18+/t24?,27-/m1/s1. The minimum atomic E-state index is -1.13. The summed E-state index contributed by atoms with van der Waals surface area (Å²) in [6, 6.07) is 18.7. The van der Waals surface area contributed by atoms with Crippen molar-refractivity contribution < 1.29 is 14.4 Å². The molecule has 0 radical (unpaired) electrons. The molecule has 1 aliphatic rings. The molecular formula is C27H28O3S. The van der Waals surface area contributed by atoms with Gasteiger partial charge in [0.2, 0.25) is 5.12 Å². The van der Waals surface area contributed by atoms with Crippen LogP contribution in [0.4, 0.5) is 0 Å². The number of thioether (sulfide) groups is 1. The Morgan fingerprint density at radius 1 is 1.03 bits per heavy atom. The van der Waals surface area contributed by atoms with Crippen LogP contribution in [-0.2, 0) is 20.8 Å². The highest BCUT2D eigenvalue weighted by molar-refractivity contribution is 8.16. The van der Waals surface area contributed by atoms with Crippen LogP contribution in [0.15, 0.2) is 78.9 Å². The van der Waals surface area contributed by atoms with Crippen molar-refractivity contribution in [2.45, 2.75) is 44.3 Å². The van der Waals surface area contributed by atoms with E-state index in [1.165, 1.54) is 16.7 Å². The average Bonchev–Trinajstić information content (AvgIpc) is 2.99. The number of benzene rings is 2. The second kappa shape index (κ2) is 10.1. The SMILES string of the molecule is C=C/C(C)=C/[C@@]1(C)SC(=O)C(C(=O)CCCCc2ccc(-c3ccccc3)cc2)C1=O. The summed E-state index contributed by atoms with van der Waals surface area (Å²) in [6.45, 7) is 7.22. The van der Waals surface area contributed by atoms with Crippen LogP contribution in [0.2, 0.25) is 0 Å². The van der Waals surface area contributed by atoms with Crippen molar-refractivity contribution in [1.82, 2.24) is 0 Å². The summed E-state index contributed by atoms with van der Waals surface area (Å²) >= 11 is 0.958. The number of carbonyl (C=O) groups excluding carboxylic acids is 3. The molecule has 1 saturated heterocycles. The van der Waals surface area contributed by atoms with E-state index in [1.807, 2.05) is 25.1 Å². The molecule has 0 aromatic heterocycles. The summed E-state index contributed by atoms with van der Waals surface area (Å²) < 4.78 is -0.976. The molecule has 0 N–H and O–H groups in total. The fourth-order valence-electron chi connectivity index (χ4n) is 3.85. The lowest BCUT2D eigenvalue weighted by atomic mass is 9.88. The van der Waals surface area contributed by atoms with Crippen molar-refractivity contribution in [2.75, 3.05) is 0 Å². The Morgan fingerprint density at radius 3 is 2.32 bits per heavy atom. The minimum absolute atomic E-state index is 0.254. The first-order chi connectivity index (χ1) is 14.8. The van der Waals surface area contributed by atoms with E-state index in [-0.39, 0.29) is 23.1 Å². The van der Waals surface area contributed by atoms with Gasteiger partial charge in [0.05, 0.1) is 4.75 Å². The largest absolute Gasteiger partial charge is 0.298 e. The van der Waals surface area contributed by atoms with Crippen LogP contribution >= 0.6 is 11.8 Å². The van der Waals surface area contributed by atoms with Crippen LogP contribution in [-0.4, -0.2) is 21.4 Å². The number of rotatable bonds is 9. The number of allylic oxidation sites excluding steroid dienone is 2. The number of hydrogen-bond donors (Lipinski definition) is 0. The van der Waals surface area contributed by atoms with Gasteiger partial charge in [0.1, 0.15) is 5.92 Å². The van der Waals surface area contributed by atoms with E-state index in [0.29, 0.717) is 6.42 Å². The zero-order chi connectivity index (χ0) is 22.4. The Hall–Kier alpha value is -2.72. The van der Waals surface area contributed by atoms with Crippen LogP contribution < -0.4 is 0 Å². The fourth-order valence-corrected chi connectivity index (χ4v) is 5.09. The van der Waals surface area contributed by atoms with Crippen molar-refractivity contribution >= 4 is 28.4 Å². The molecule has 1 unspecified atom stereocenters. The first-order valence-corrected chi connectivity index (χ1v) is 11.4. The molecule has 0 saturated carbocycles. The van der Waals surface area contributed by atoms with Gasteiger partial charge >= 0.3 is 0 Å². The van der Waals surface area contributed by atoms with Crippen molar-refractivity contribution in [3.05, 3.63) is 84.5 Å². The van der Waals surface area contributed by atoms with Crippen molar-refractivity contribution in [3.8, 4) is 11.1 Å². The molecule has 2 aromatic carbocycles. The number of ketones is 2. The number of hydrogen-bond acceptors (Lipinski definition) is 4. The highest BCUT2D eigenvalue weighted by Crippen LogP contribution is 2.42. The normalized spacial score (nSPS) is 21.4. The van der Waals surface area contributed by atoms with Crippen molar-refractivity contribution in [1.29, 1.82) is 0 Å². The molecule has 31 heavy (non-hydrogen) atoms. The summed E-state index contributed by atoms with van der Waals surface area (Å²) in [4.78, 5) is 37.8. The first-order valence-electron chi connectivity index (χ1n) is 10.6. The highest BCUT2D eigenvalue weighted by atomic mass is 32.2. The Kier molecular flexibility index (Phi) is 7.45. The van der Waals surface area contributed by atoms with Gasteiger partial charge in [-0.15, -0.1) is 0 Å². The van der Waals surface area contributed by atoms with E-state index in [2.05, 4.69) is 43.0 Å². The molecule has 2 atom stereocenters. The second-order valence-electron chi connectivity index (χ2n) is 8.15. The van der Waals surface area contributed by atoms with Gasteiger partial charge in [0, 0.05) is 6.42 Å². The quantitative estimate of drug-likeness (QED) is 0.278. The third-order valence-electron chi connectivity index (χ3n) is 5.65. The average molecular weight is 433 g/mol. The molecular weight excluding hydrogens is 404 g/mol.